The summed E-state index contributed by atoms with van der Waals surface area (Å²) in [6, 6.07) is 9.99. The number of rotatable bonds is 5. The Labute approximate surface area is 136 Å². The molecule has 0 aliphatic carbocycles. The van der Waals surface area contributed by atoms with Crippen LogP contribution in [-0.4, -0.2) is 28.2 Å². The van der Waals surface area contributed by atoms with Crippen LogP contribution in [0.25, 0.3) is 5.69 Å². The number of para-hydroxylation sites is 1. The summed E-state index contributed by atoms with van der Waals surface area (Å²) in [7, 11) is 0. The highest BCUT2D eigenvalue weighted by Crippen LogP contribution is 2.27. The minimum Gasteiger partial charge on any atom is -0.377 e. The first-order valence-corrected chi connectivity index (χ1v) is 8.14. The van der Waals surface area contributed by atoms with Gasteiger partial charge in [0.15, 0.2) is 0 Å². The van der Waals surface area contributed by atoms with Gasteiger partial charge in [0.05, 0.1) is 18.6 Å². The van der Waals surface area contributed by atoms with Crippen molar-refractivity contribution in [2.75, 3.05) is 6.61 Å². The topological polar surface area (TPSA) is 56.1 Å². The lowest BCUT2D eigenvalue weighted by Gasteiger charge is -2.21. The lowest BCUT2D eigenvalue weighted by molar-refractivity contribution is -0.127. The van der Waals surface area contributed by atoms with Crippen molar-refractivity contribution in [2.45, 2.75) is 32.9 Å². The molecule has 3 rings (SSSR count). The molecule has 122 valence electrons. The summed E-state index contributed by atoms with van der Waals surface area (Å²) in [5.74, 6) is 1.17. The molecule has 0 unspecified atom stereocenters. The van der Waals surface area contributed by atoms with Gasteiger partial charge in [0.25, 0.3) is 0 Å². The van der Waals surface area contributed by atoms with E-state index in [9.17, 15) is 4.79 Å². The van der Waals surface area contributed by atoms with E-state index >= 15 is 0 Å². The molecule has 2 aromatic rings. The fourth-order valence-electron chi connectivity index (χ4n) is 3.13. The van der Waals surface area contributed by atoms with Crippen LogP contribution in [0.1, 0.15) is 26.1 Å². The molecule has 5 heteroatoms. The van der Waals surface area contributed by atoms with Gasteiger partial charge in [-0.05, 0) is 24.5 Å². The number of nitrogens with zero attached hydrogens (tertiary/aromatic N) is 2. The van der Waals surface area contributed by atoms with E-state index in [1.165, 1.54) is 0 Å². The molecule has 1 N–H and O–H groups in total. The van der Waals surface area contributed by atoms with Crippen LogP contribution in [0, 0.1) is 11.8 Å². The maximum atomic E-state index is 12.5. The number of amides is 1. The number of hydrogen-bond acceptors (Lipinski definition) is 3. The van der Waals surface area contributed by atoms with Crippen molar-refractivity contribution in [3.63, 3.8) is 0 Å². The molecule has 0 saturated carbocycles. The lowest BCUT2D eigenvalue weighted by Crippen LogP contribution is -2.37. The van der Waals surface area contributed by atoms with Gasteiger partial charge in [0.2, 0.25) is 5.91 Å². The van der Waals surface area contributed by atoms with E-state index in [2.05, 4.69) is 24.1 Å². The highest BCUT2D eigenvalue weighted by atomic mass is 16.5. The Morgan fingerprint density at radius 3 is 2.91 bits per heavy atom. The zero-order valence-corrected chi connectivity index (χ0v) is 13.6. The largest absolute Gasteiger partial charge is 0.377 e. The van der Waals surface area contributed by atoms with Crippen molar-refractivity contribution in [2.24, 2.45) is 11.8 Å². The third-order valence-corrected chi connectivity index (χ3v) is 4.30. The van der Waals surface area contributed by atoms with Crippen LogP contribution in [0.15, 0.2) is 42.7 Å². The van der Waals surface area contributed by atoms with Gasteiger partial charge < -0.3 is 14.6 Å². The van der Waals surface area contributed by atoms with Gasteiger partial charge in [0.1, 0.15) is 5.82 Å². The van der Waals surface area contributed by atoms with Crippen LogP contribution >= 0.6 is 0 Å². The standard InChI is InChI=1S/C18H23N3O2/c1-13(2)17-15(8-11-23-17)18(22)20-12-16-19-9-10-21(16)14-6-4-3-5-7-14/h3-7,9-10,13,15,17H,8,11-12H2,1-2H3,(H,20,22)/t15-,17+/m0/s1. The maximum Gasteiger partial charge on any atom is 0.226 e. The van der Waals surface area contributed by atoms with Gasteiger partial charge in [0, 0.05) is 24.7 Å². The van der Waals surface area contributed by atoms with Crippen LogP contribution in [0.2, 0.25) is 0 Å². The average Bonchev–Trinajstić information content (AvgIpc) is 3.22. The van der Waals surface area contributed by atoms with E-state index in [-0.39, 0.29) is 17.9 Å². The highest BCUT2D eigenvalue weighted by molar-refractivity contribution is 5.79. The molecular formula is C18H23N3O2. The monoisotopic (exact) mass is 313 g/mol. The van der Waals surface area contributed by atoms with Crippen LogP contribution in [0.4, 0.5) is 0 Å². The summed E-state index contributed by atoms with van der Waals surface area (Å²) in [5, 5.41) is 3.02. The fourth-order valence-corrected chi connectivity index (χ4v) is 3.13. The fraction of sp³-hybridized carbons (Fsp3) is 0.444. The molecule has 0 spiro atoms. The Bertz CT molecular complexity index is 651. The van der Waals surface area contributed by atoms with Crippen molar-refractivity contribution in [1.29, 1.82) is 0 Å². The normalized spacial score (nSPS) is 20.8. The molecular weight excluding hydrogens is 290 g/mol. The summed E-state index contributed by atoms with van der Waals surface area (Å²) in [4.78, 5) is 16.8. The van der Waals surface area contributed by atoms with E-state index in [4.69, 9.17) is 4.74 Å². The molecule has 2 atom stereocenters. The molecule has 1 fully saturated rings. The highest BCUT2D eigenvalue weighted by Gasteiger charge is 2.35. The second-order valence-electron chi connectivity index (χ2n) is 6.24. The number of ether oxygens (including phenoxy) is 1. The van der Waals surface area contributed by atoms with Gasteiger partial charge in [-0.1, -0.05) is 32.0 Å². The Morgan fingerprint density at radius 1 is 1.39 bits per heavy atom. The molecule has 1 aromatic heterocycles. The SMILES string of the molecule is CC(C)[C@H]1OCC[C@@H]1C(=O)NCc1nccn1-c1ccccc1. The number of benzene rings is 1. The number of carbonyl (C=O) groups excluding carboxylic acids is 1. The first kappa shape index (κ1) is 15.7. The van der Waals surface area contributed by atoms with E-state index in [0.717, 1.165) is 17.9 Å². The average molecular weight is 313 g/mol. The van der Waals surface area contributed by atoms with Crippen molar-refractivity contribution >= 4 is 5.91 Å². The zero-order valence-electron chi connectivity index (χ0n) is 13.6. The molecule has 1 saturated heterocycles. The van der Waals surface area contributed by atoms with Crippen molar-refractivity contribution in [3.05, 3.63) is 48.5 Å². The molecule has 2 heterocycles. The number of aromatic nitrogens is 2. The first-order chi connectivity index (χ1) is 11.2. The predicted molar refractivity (Wildman–Crippen MR) is 88.1 cm³/mol. The second kappa shape index (κ2) is 6.96. The molecule has 0 radical (unpaired) electrons. The quantitative estimate of drug-likeness (QED) is 0.923. The molecule has 1 aromatic carbocycles. The maximum absolute atomic E-state index is 12.5. The molecule has 1 aliphatic heterocycles. The van der Waals surface area contributed by atoms with Crippen LogP contribution in [0.3, 0.4) is 0 Å². The zero-order chi connectivity index (χ0) is 16.2. The lowest BCUT2D eigenvalue weighted by atomic mass is 9.92. The van der Waals surface area contributed by atoms with Crippen LogP contribution in [-0.2, 0) is 16.1 Å². The van der Waals surface area contributed by atoms with Gasteiger partial charge in [-0.25, -0.2) is 4.98 Å². The van der Waals surface area contributed by atoms with Crippen molar-refractivity contribution in [3.8, 4) is 5.69 Å². The van der Waals surface area contributed by atoms with Gasteiger partial charge in [-0.3, -0.25) is 4.79 Å². The van der Waals surface area contributed by atoms with Crippen molar-refractivity contribution < 1.29 is 9.53 Å². The number of nitrogens with one attached hydrogen (secondary N) is 1. The van der Waals surface area contributed by atoms with E-state index < -0.39 is 0 Å². The minimum absolute atomic E-state index is 0.0175. The summed E-state index contributed by atoms with van der Waals surface area (Å²) in [5.41, 5.74) is 1.04. The molecule has 5 nitrogen and oxygen atoms in total. The van der Waals surface area contributed by atoms with Crippen molar-refractivity contribution in [1.82, 2.24) is 14.9 Å². The Balaban J connectivity index is 1.65. The van der Waals surface area contributed by atoms with E-state index in [0.29, 0.717) is 19.1 Å². The Kier molecular flexibility index (Phi) is 4.76. The van der Waals surface area contributed by atoms with E-state index in [1.807, 2.05) is 41.1 Å². The summed E-state index contributed by atoms with van der Waals surface area (Å²) < 4.78 is 7.69. The summed E-state index contributed by atoms with van der Waals surface area (Å²) in [6.07, 6.45) is 4.47. The Morgan fingerprint density at radius 2 is 2.17 bits per heavy atom. The summed E-state index contributed by atoms with van der Waals surface area (Å²) >= 11 is 0. The smallest absolute Gasteiger partial charge is 0.226 e. The minimum atomic E-state index is -0.0601. The predicted octanol–water partition coefficient (Wildman–Crippen LogP) is 2.55. The number of carbonyl (C=O) groups is 1. The van der Waals surface area contributed by atoms with E-state index in [1.54, 1.807) is 6.20 Å². The molecule has 23 heavy (non-hydrogen) atoms. The third-order valence-electron chi connectivity index (χ3n) is 4.30. The third kappa shape index (κ3) is 3.45. The van der Waals surface area contributed by atoms with Gasteiger partial charge in [-0.2, -0.15) is 0 Å². The van der Waals surface area contributed by atoms with Gasteiger partial charge >= 0.3 is 0 Å². The van der Waals surface area contributed by atoms with Crippen LogP contribution < -0.4 is 5.32 Å². The summed E-state index contributed by atoms with van der Waals surface area (Å²) in [6.45, 7) is 5.28. The number of hydrogen-bond donors (Lipinski definition) is 1. The second-order valence-corrected chi connectivity index (χ2v) is 6.24. The molecule has 1 aliphatic rings. The van der Waals surface area contributed by atoms with Crippen LogP contribution in [0.5, 0.6) is 0 Å². The van der Waals surface area contributed by atoms with Gasteiger partial charge in [-0.15, -0.1) is 0 Å². The molecule has 1 amide bonds. The first-order valence-electron chi connectivity index (χ1n) is 8.14. The molecule has 0 bridgehead atoms. The Hall–Kier alpha value is -2.14. The number of imidazole rings is 1.